The number of ether oxygens (including phenoxy) is 1. The average Bonchev–Trinajstić information content (AvgIpc) is 2.57. The topological polar surface area (TPSA) is 105 Å². The van der Waals surface area contributed by atoms with Crippen molar-refractivity contribution in [1.82, 2.24) is 9.62 Å². The Bertz CT molecular complexity index is 733. The summed E-state index contributed by atoms with van der Waals surface area (Å²) in [6.45, 7) is 2.24. The summed E-state index contributed by atoms with van der Waals surface area (Å²) in [6.07, 6.45) is 0.506. The van der Waals surface area contributed by atoms with Gasteiger partial charge in [0.05, 0.1) is 11.4 Å². The van der Waals surface area contributed by atoms with Crippen LogP contribution in [0.15, 0.2) is 18.2 Å². The molecule has 132 valence electrons. The highest BCUT2D eigenvalue weighted by Crippen LogP contribution is 2.28. The maximum Gasteiger partial charge on any atom is 0.262 e. The molecular weight excluding hydrogens is 334 g/mol. The SMILES string of the molecule is CCS(=O)(=O)N(C)CCCNC(=O)c1ccc2c(c1)NC(=O)CO2. The molecule has 1 aromatic rings. The molecule has 0 fully saturated rings. The molecule has 24 heavy (non-hydrogen) atoms. The Morgan fingerprint density at radius 3 is 2.88 bits per heavy atom. The molecule has 0 saturated carbocycles. The zero-order valence-corrected chi connectivity index (χ0v) is 14.5. The molecule has 1 heterocycles. The number of carbonyl (C=O) groups excluding carboxylic acids is 2. The van der Waals surface area contributed by atoms with Crippen LogP contribution in [0.25, 0.3) is 0 Å². The molecule has 2 N–H and O–H groups in total. The van der Waals surface area contributed by atoms with Crippen LogP contribution in [-0.4, -0.2) is 57.0 Å². The molecule has 0 aromatic heterocycles. The molecule has 0 spiro atoms. The van der Waals surface area contributed by atoms with E-state index in [2.05, 4.69) is 10.6 Å². The van der Waals surface area contributed by atoms with Gasteiger partial charge >= 0.3 is 0 Å². The van der Waals surface area contributed by atoms with Crippen molar-refractivity contribution in [1.29, 1.82) is 0 Å². The first-order valence-corrected chi connectivity index (χ1v) is 9.23. The molecule has 2 rings (SSSR count). The van der Waals surface area contributed by atoms with Crippen LogP contribution in [0.5, 0.6) is 5.75 Å². The zero-order valence-electron chi connectivity index (χ0n) is 13.7. The van der Waals surface area contributed by atoms with Gasteiger partial charge in [-0.05, 0) is 31.5 Å². The van der Waals surface area contributed by atoms with Gasteiger partial charge in [0.2, 0.25) is 10.0 Å². The van der Waals surface area contributed by atoms with Gasteiger partial charge < -0.3 is 15.4 Å². The fraction of sp³-hybridized carbons (Fsp3) is 0.467. The lowest BCUT2D eigenvalue weighted by Crippen LogP contribution is -2.32. The highest BCUT2D eigenvalue weighted by atomic mass is 32.2. The minimum atomic E-state index is -3.20. The minimum Gasteiger partial charge on any atom is -0.482 e. The summed E-state index contributed by atoms with van der Waals surface area (Å²) in [5.74, 6) is 0.0232. The first-order chi connectivity index (χ1) is 11.3. The predicted molar refractivity (Wildman–Crippen MR) is 89.6 cm³/mol. The standard InChI is InChI=1S/C15H21N3O5S/c1-3-24(21,22)18(2)8-4-7-16-15(20)11-5-6-13-12(9-11)17-14(19)10-23-13/h5-6,9H,3-4,7-8,10H2,1-2H3,(H,16,20)(H,17,19). The molecule has 1 aliphatic heterocycles. The first-order valence-electron chi connectivity index (χ1n) is 7.62. The third-order valence-electron chi connectivity index (χ3n) is 3.65. The van der Waals surface area contributed by atoms with Crippen LogP contribution in [0.2, 0.25) is 0 Å². The van der Waals surface area contributed by atoms with Gasteiger partial charge in [0, 0.05) is 25.7 Å². The van der Waals surface area contributed by atoms with E-state index in [4.69, 9.17) is 4.74 Å². The Labute approximate surface area is 141 Å². The maximum atomic E-state index is 12.1. The highest BCUT2D eigenvalue weighted by molar-refractivity contribution is 7.89. The fourth-order valence-corrected chi connectivity index (χ4v) is 3.04. The van der Waals surface area contributed by atoms with Gasteiger partial charge in [0.1, 0.15) is 5.75 Å². The van der Waals surface area contributed by atoms with Crippen molar-refractivity contribution in [3.8, 4) is 5.75 Å². The molecule has 1 aromatic carbocycles. The Kier molecular flexibility index (Phi) is 5.79. The fourth-order valence-electron chi connectivity index (χ4n) is 2.19. The van der Waals surface area contributed by atoms with E-state index in [1.807, 2.05) is 0 Å². The van der Waals surface area contributed by atoms with Crippen molar-refractivity contribution in [2.24, 2.45) is 0 Å². The summed E-state index contributed by atoms with van der Waals surface area (Å²) < 4.78 is 29.7. The van der Waals surface area contributed by atoms with E-state index in [9.17, 15) is 18.0 Å². The van der Waals surface area contributed by atoms with Crippen molar-refractivity contribution < 1.29 is 22.7 Å². The summed E-state index contributed by atoms with van der Waals surface area (Å²) >= 11 is 0. The van der Waals surface area contributed by atoms with Crippen LogP contribution in [0.4, 0.5) is 5.69 Å². The Hall–Kier alpha value is -2.13. The first kappa shape index (κ1) is 18.2. The van der Waals surface area contributed by atoms with E-state index >= 15 is 0 Å². The Morgan fingerprint density at radius 2 is 2.17 bits per heavy atom. The van der Waals surface area contributed by atoms with E-state index in [0.717, 1.165) is 0 Å². The van der Waals surface area contributed by atoms with Crippen molar-refractivity contribution in [2.75, 3.05) is 37.8 Å². The number of fused-ring (bicyclic) bond motifs is 1. The molecule has 2 amide bonds. The number of anilines is 1. The molecule has 0 saturated heterocycles. The molecular formula is C15H21N3O5S. The van der Waals surface area contributed by atoms with Crippen LogP contribution in [-0.2, 0) is 14.8 Å². The van der Waals surface area contributed by atoms with Gasteiger partial charge in [-0.3, -0.25) is 9.59 Å². The van der Waals surface area contributed by atoms with Crippen molar-refractivity contribution in [2.45, 2.75) is 13.3 Å². The number of nitrogens with one attached hydrogen (secondary N) is 2. The maximum absolute atomic E-state index is 12.1. The van der Waals surface area contributed by atoms with Gasteiger partial charge in [-0.15, -0.1) is 0 Å². The third kappa shape index (κ3) is 4.45. The number of hydrogen-bond acceptors (Lipinski definition) is 5. The lowest BCUT2D eigenvalue weighted by Gasteiger charge is -2.18. The Morgan fingerprint density at radius 1 is 1.42 bits per heavy atom. The zero-order chi connectivity index (χ0) is 17.7. The molecule has 0 aliphatic carbocycles. The van der Waals surface area contributed by atoms with Crippen LogP contribution in [0.3, 0.4) is 0 Å². The van der Waals surface area contributed by atoms with E-state index in [-0.39, 0.29) is 24.2 Å². The summed E-state index contributed by atoms with van der Waals surface area (Å²) in [5, 5.41) is 5.37. The average molecular weight is 355 g/mol. The quantitative estimate of drug-likeness (QED) is 0.690. The molecule has 8 nitrogen and oxygen atoms in total. The predicted octanol–water partition coefficient (Wildman–Crippen LogP) is 0.419. The van der Waals surface area contributed by atoms with Gasteiger partial charge in [0.15, 0.2) is 6.61 Å². The van der Waals surface area contributed by atoms with Crippen molar-refractivity contribution >= 4 is 27.5 Å². The number of benzene rings is 1. The number of rotatable bonds is 7. The lowest BCUT2D eigenvalue weighted by atomic mass is 10.1. The second-order valence-corrected chi connectivity index (χ2v) is 7.74. The smallest absolute Gasteiger partial charge is 0.262 e. The Balaban J connectivity index is 1.85. The summed E-state index contributed by atoms with van der Waals surface area (Å²) in [7, 11) is -1.68. The van der Waals surface area contributed by atoms with Crippen LogP contribution in [0.1, 0.15) is 23.7 Å². The number of sulfonamides is 1. The van der Waals surface area contributed by atoms with Crippen LogP contribution in [0, 0.1) is 0 Å². The molecule has 0 atom stereocenters. The van der Waals surface area contributed by atoms with E-state index in [1.165, 1.54) is 11.4 Å². The van der Waals surface area contributed by atoms with Gasteiger partial charge in [-0.1, -0.05) is 0 Å². The third-order valence-corrected chi connectivity index (χ3v) is 5.51. The van der Waals surface area contributed by atoms with Crippen LogP contribution < -0.4 is 15.4 Å². The molecule has 0 bridgehead atoms. The number of nitrogens with zero attached hydrogens (tertiary/aromatic N) is 1. The normalized spacial score (nSPS) is 13.9. The van der Waals surface area contributed by atoms with E-state index in [1.54, 1.807) is 25.1 Å². The number of carbonyl (C=O) groups is 2. The minimum absolute atomic E-state index is 0.0350. The highest BCUT2D eigenvalue weighted by Gasteiger charge is 2.18. The number of hydrogen-bond donors (Lipinski definition) is 2. The molecule has 0 unspecified atom stereocenters. The van der Waals surface area contributed by atoms with Gasteiger partial charge in [0.25, 0.3) is 11.8 Å². The summed E-state index contributed by atoms with van der Waals surface area (Å²) in [4.78, 5) is 23.4. The lowest BCUT2D eigenvalue weighted by molar-refractivity contribution is -0.118. The summed E-state index contributed by atoms with van der Waals surface area (Å²) in [6, 6.07) is 4.79. The molecule has 9 heteroatoms. The van der Waals surface area contributed by atoms with E-state index < -0.39 is 10.0 Å². The molecule has 0 radical (unpaired) electrons. The van der Waals surface area contributed by atoms with E-state index in [0.29, 0.717) is 36.5 Å². The number of amides is 2. The van der Waals surface area contributed by atoms with Crippen LogP contribution >= 0.6 is 0 Å². The second kappa shape index (κ2) is 7.63. The summed E-state index contributed by atoms with van der Waals surface area (Å²) in [5.41, 5.74) is 0.863. The van der Waals surface area contributed by atoms with Gasteiger partial charge in [-0.25, -0.2) is 12.7 Å². The van der Waals surface area contributed by atoms with Crippen molar-refractivity contribution in [3.63, 3.8) is 0 Å². The van der Waals surface area contributed by atoms with Gasteiger partial charge in [-0.2, -0.15) is 0 Å². The van der Waals surface area contributed by atoms with Crippen molar-refractivity contribution in [3.05, 3.63) is 23.8 Å². The monoisotopic (exact) mass is 355 g/mol. The molecule has 1 aliphatic rings. The largest absolute Gasteiger partial charge is 0.482 e. The second-order valence-electron chi connectivity index (χ2n) is 5.38.